The van der Waals surface area contributed by atoms with Crippen LogP contribution in [0.1, 0.15) is 24.7 Å². The molecule has 22 heavy (non-hydrogen) atoms. The van der Waals surface area contributed by atoms with Crippen LogP contribution >= 0.6 is 0 Å². The van der Waals surface area contributed by atoms with E-state index in [9.17, 15) is 9.18 Å². The lowest BCUT2D eigenvalue weighted by Gasteiger charge is -2.19. The van der Waals surface area contributed by atoms with Gasteiger partial charge in [-0.1, -0.05) is 22.4 Å². The van der Waals surface area contributed by atoms with Crippen LogP contribution in [0.25, 0.3) is 0 Å². The molecule has 0 spiro atoms. The third kappa shape index (κ3) is 2.69. The minimum atomic E-state index is -1.14. The molecule has 0 bridgehead atoms. The van der Waals surface area contributed by atoms with Gasteiger partial charge in [-0.3, -0.25) is 4.79 Å². The van der Waals surface area contributed by atoms with Crippen LogP contribution in [-0.4, -0.2) is 22.4 Å². The van der Waals surface area contributed by atoms with Crippen molar-refractivity contribution in [3.05, 3.63) is 47.5 Å². The molecule has 0 saturated carbocycles. The van der Waals surface area contributed by atoms with E-state index in [1.165, 1.54) is 12.1 Å². The number of hydrogen-bond acceptors (Lipinski definition) is 5. The van der Waals surface area contributed by atoms with Crippen molar-refractivity contribution in [3.63, 3.8) is 0 Å². The highest BCUT2D eigenvalue weighted by Crippen LogP contribution is 2.28. The van der Waals surface area contributed by atoms with E-state index in [1.54, 1.807) is 32.0 Å². The van der Waals surface area contributed by atoms with Crippen molar-refractivity contribution in [1.29, 1.82) is 0 Å². The fourth-order valence-electron chi connectivity index (χ4n) is 2.13. The number of halogens is 1. The van der Waals surface area contributed by atoms with Gasteiger partial charge in [0.05, 0.1) is 5.71 Å². The molecule has 6 nitrogen and oxygen atoms in total. The van der Waals surface area contributed by atoms with Crippen LogP contribution in [0.5, 0.6) is 0 Å². The number of oxime groups is 1. The second-order valence-corrected chi connectivity index (χ2v) is 5.32. The first kappa shape index (κ1) is 14.2. The van der Waals surface area contributed by atoms with Gasteiger partial charge in [-0.25, -0.2) is 4.39 Å². The Morgan fingerprint density at radius 1 is 1.36 bits per heavy atom. The molecule has 1 N–H and O–H groups in total. The van der Waals surface area contributed by atoms with E-state index in [-0.39, 0.29) is 18.1 Å². The lowest BCUT2D eigenvalue weighted by Crippen LogP contribution is -2.40. The number of benzene rings is 1. The maximum absolute atomic E-state index is 12.9. The number of aryl methyl sites for hydroxylation is 1. The van der Waals surface area contributed by atoms with Crippen LogP contribution in [0.2, 0.25) is 0 Å². The monoisotopic (exact) mass is 303 g/mol. The van der Waals surface area contributed by atoms with Crippen molar-refractivity contribution in [1.82, 2.24) is 5.16 Å². The molecule has 0 aliphatic carbocycles. The molecule has 1 aromatic carbocycles. The molecule has 1 atom stereocenters. The summed E-state index contributed by atoms with van der Waals surface area (Å²) in [5, 5.41) is 10.3. The van der Waals surface area contributed by atoms with Crippen LogP contribution in [0.3, 0.4) is 0 Å². The summed E-state index contributed by atoms with van der Waals surface area (Å²) >= 11 is 0. The summed E-state index contributed by atoms with van der Waals surface area (Å²) < 4.78 is 17.8. The van der Waals surface area contributed by atoms with Gasteiger partial charge in [0.1, 0.15) is 11.6 Å². The van der Waals surface area contributed by atoms with Gasteiger partial charge in [-0.15, -0.1) is 0 Å². The minimum absolute atomic E-state index is 0.279. The number of rotatable bonds is 3. The molecule has 0 radical (unpaired) electrons. The summed E-state index contributed by atoms with van der Waals surface area (Å²) in [7, 11) is 0. The number of amides is 1. The lowest BCUT2D eigenvalue weighted by molar-refractivity contribution is -0.136. The normalized spacial score (nSPS) is 20.4. The number of nitrogens with one attached hydrogen (secondary N) is 1. The lowest BCUT2D eigenvalue weighted by atomic mass is 9.95. The predicted molar refractivity (Wildman–Crippen MR) is 76.9 cm³/mol. The molecular formula is C15H14FN3O3. The standard InChI is InChI=1S/C15H14FN3O3/c1-9-7-13(19-21-9)17-14(20)15(2)8-12(18-22-15)10-3-5-11(16)6-4-10/h3-7H,8H2,1-2H3,(H,17,19,20)/t15-/m1/s1. The van der Waals surface area contributed by atoms with Crippen molar-refractivity contribution in [3.8, 4) is 0 Å². The predicted octanol–water partition coefficient (Wildman–Crippen LogP) is 2.64. The van der Waals surface area contributed by atoms with E-state index < -0.39 is 5.60 Å². The maximum Gasteiger partial charge on any atom is 0.272 e. The average molecular weight is 303 g/mol. The van der Waals surface area contributed by atoms with E-state index in [4.69, 9.17) is 9.36 Å². The fraction of sp³-hybridized carbons (Fsp3) is 0.267. The average Bonchev–Trinajstić information content (AvgIpc) is 3.07. The molecule has 2 heterocycles. The zero-order valence-corrected chi connectivity index (χ0v) is 12.1. The number of carbonyl (C=O) groups is 1. The van der Waals surface area contributed by atoms with E-state index in [2.05, 4.69) is 15.6 Å². The zero-order chi connectivity index (χ0) is 15.7. The van der Waals surface area contributed by atoms with Crippen LogP contribution in [0.15, 0.2) is 40.0 Å². The number of hydrogen-bond donors (Lipinski definition) is 1. The molecular weight excluding hydrogens is 289 g/mol. The second-order valence-electron chi connectivity index (χ2n) is 5.32. The smallest absolute Gasteiger partial charge is 0.272 e. The van der Waals surface area contributed by atoms with E-state index in [1.807, 2.05) is 0 Å². The number of carbonyl (C=O) groups excluding carboxylic acids is 1. The molecule has 1 aliphatic rings. The quantitative estimate of drug-likeness (QED) is 0.945. The van der Waals surface area contributed by atoms with Crippen LogP contribution in [0.4, 0.5) is 10.2 Å². The van der Waals surface area contributed by atoms with Gasteiger partial charge >= 0.3 is 0 Å². The van der Waals surface area contributed by atoms with Gasteiger partial charge in [-0.2, -0.15) is 0 Å². The number of nitrogens with zero attached hydrogens (tertiary/aromatic N) is 2. The third-order valence-electron chi connectivity index (χ3n) is 3.39. The molecule has 0 fully saturated rings. The molecule has 1 aromatic heterocycles. The summed E-state index contributed by atoms with van der Waals surface area (Å²) in [5.41, 5.74) is 0.167. The van der Waals surface area contributed by atoms with Crippen LogP contribution in [-0.2, 0) is 9.63 Å². The molecule has 1 aliphatic heterocycles. The molecule has 2 aromatic rings. The first-order chi connectivity index (χ1) is 10.5. The minimum Gasteiger partial charge on any atom is -0.379 e. The third-order valence-corrected chi connectivity index (χ3v) is 3.39. The molecule has 1 amide bonds. The maximum atomic E-state index is 12.9. The highest BCUT2D eigenvalue weighted by Gasteiger charge is 2.42. The van der Waals surface area contributed by atoms with Crippen LogP contribution < -0.4 is 5.32 Å². The van der Waals surface area contributed by atoms with Crippen molar-refractivity contribution >= 4 is 17.4 Å². The van der Waals surface area contributed by atoms with Crippen molar-refractivity contribution in [2.24, 2.45) is 5.16 Å². The number of aromatic nitrogens is 1. The first-order valence-electron chi connectivity index (χ1n) is 6.72. The van der Waals surface area contributed by atoms with Gasteiger partial charge in [0.15, 0.2) is 5.82 Å². The highest BCUT2D eigenvalue weighted by molar-refractivity contribution is 6.07. The Kier molecular flexibility index (Phi) is 3.40. The topological polar surface area (TPSA) is 76.7 Å². The van der Waals surface area contributed by atoms with Gasteiger partial charge < -0.3 is 14.7 Å². The molecule has 0 saturated heterocycles. The summed E-state index contributed by atoms with van der Waals surface area (Å²) in [4.78, 5) is 17.6. The fourth-order valence-corrected chi connectivity index (χ4v) is 2.13. The van der Waals surface area contributed by atoms with Gasteiger partial charge in [0.2, 0.25) is 5.60 Å². The Bertz CT molecular complexity index is 739. The molecule has 0 unspecified atom stereocenters. The Morgan fingerprint density at radius 3 is 2.73 bits per heavy atom. The van der Waals surface area contributed by atoms with Crippen molar-refractivity contribution < 1.29 is 18.5 Å². The van der Waals surface area contributed by atoms with Gasteiger partial charge in [0.25, 0.3) is 5.91 Å². The van der Waals surface area contributed by atoms with Gasteiger partial charge in [0, 0.05) is 12.5 Å². The van der Waals surface area contributed by atoms with E-state index in [0.717, 1.165) is 5.56 Å². The summed E-state index contributed by atoms with van der Waals surface area (Å²) in [6, 6.07) is 7.49. The van der Waals surface area contributed by atoms with E-state index >= 15 is 0 Å². The SMILES string of the molecule is Cc1cc(NC(=O)[C@@]2(C)CC(c3ccc(F)cc3)=NO2)no1. The summed E-state index contributed by atoms with van der Waals surface area (Å²) in [5.74, 6) is 0.213. The second kappa shape index (κ2) is 5.25. The Labute approximate surface area is 125 Å². The zero-order valence-electron chi connectivity index (χ0n) is 12.1. The Balaban J connectivity index is 1.71. The summed E-state index contributed by atoms with van der Waals surface area (Å²) in [6.45, 7) is 3.36. The highest BCUT2D eigenvalue weighted by atomic mass is 19.1. The molecule has 114 valence electrons. The van der Waals surface area contributed by atoms with Crippen molar-refractivity contribution in [2.45, 2.75) is 25.9 Å². The summed E-state index contributed by atoms with van der Waals surface area (Å²) in [6.07, 6.45) is 0.279. The largest absolute Gasteiger partial charge is 0.379 e. The van der Waals surface area contributed by atoms with Crippen molar-refractivity contribution in [2.75, 3.05) is 5.32 Å². The van der Waals surface area contributed by atoms with Crippen LogP contribution in [0, 0.1) is 12.7 Å². The van der Waals surface area contributed by atoms with Gasteiger partial charge in [-0.05, 0) is 31.5 Å². The molecule has 7 heteroatoms. The Morgan fingerprint density at radius 2 is 2.09 bits per heavy atom. The number of anilines is 1. The first-order valence-corrected chi connectivity index (χ1v) is 6.72. The molecule has 3 rings (SSSR count). The Hall–Kier alpha value is -2.70. The van der Waals surface area contributed by atoms with E-state index in [0.29, 0.717) is 17.3 Å².